The second kappa shape index (κ2) is 18.7. The van der Waals surface area contributed by atoms with E-state index in [-0.39, 0.29) is 87.3 Å². The number of hydrogen-bond acceptors (Lipinski definition) is 10. The van der Waals surface area contributed by atoms with Gasteiger partial charge >= 0.3 is 0 Å². The lowest BCUT2D eigenvalue weighted by Crippen LogP contribution is -2.46. The third kappa shape index (κ3) is 19.5. The minimum Gasteiger partial charge on any atom is -0.354 e. The van der Waals surface area contributed by atoms with E-state index in [1.807, 2.05) is 0 Å². The maximum Gasteiger partial charge on any atom is 0.234 e. The highest BCUT2D eigenvalue weighted by Gasteiger charge is 2.16. The van der Waals surface area contributed by atoms with Crippen LogP contribution < -0.4 is 16.0 Å². The topological polar surface area (TPSA) is 148 Å². The SMILES string of the molecule is CNCCN(CC(C)=O)CC(=O)NCCN(CC(C)=O)CC(=O)NCCN(CC(C)=O)CC(C)=O. The molecule has 0 fully saturated rings. The molecule has 35 heavy (non-hydrogen) atoms. The molecule has 0 atom stereocenters. The summed E-state index contributed by atoms with van der Waals surface area (Å²) < 4.78 is 0. The predicted molar refractivity (Wildman–Crippen MR) is 132 cm³/mol. The normalized spacial score (nSPS) is 11.1. The van der Waals surface area contributed by atoms with Crippen molar-refractivity contribution >= 4 is 34.9 Å². The molecule has 0 bridgehead atoms. The Kier molecular flexibility index (Phi) is 17.4. The van der Waals surface area contributed by atoms with Crippen molar-refractivity contribution in [2.75, 3.05) is 85.6 Å². The number of amides is 2. The summed E-state index contributed by atoms with van der Waals surface area (Å²) in [5.41, 5.74) is 0. The van der Waals surface area contributed by atoms with Gasteiger partial charge in [-0.25, -0.2) is 0 Å². The van der Waals surface area contributed by atoms with E-state index in [0.29, 0.717) is 26.2 Å². The van der Waals surface area contributed by atoms with Gasteiger partial charge in [-0.1, -0.05) is 0 Å². The third-order valence-corrected chi connectivity index (χ3v) is 4.70. The molecule has 0 saturated heterocycles. The molecular weight excluding hydrogens is 456 g/mol. The fourth-order valence-corrected chi connectivity index (χ4v) is 3.40. The predicted octanol–water partition coefficient (Wildman–Crippen LogP) is -2.30. The number of rotatable bonds is 21. The van der Waals surface area contributed by atoms with E-state index in [1.54, 1.807) is 21.7 Å². The molecule has 0 rings (SSSR count). The van der Waals surface area contributed by atoms with Crippen LogP contribution in [0.3, 0.4) is 0 Å². The Bertz CT molecular complexity index is 713. The average molecular weight is 499 g/mol. The van der Waals surface area contributed by atoms with Crippen LogP contribution in [-0.2, 0) is 28.8 Å². The Hall–Kier alpha value is -2.54. The van der Waals surface area contributed by atoms with Crippen LogP contribution in [0.1, 0.15) is 27.7 Å². The van der Waals surface area contributed by atoms with Gasteiger partial charge in [-0.15, -0.1) is 0 Å². The fourth-order valence-electron chi connectivity index (χ4n) is 3.40. The molecule has 200 valence electrons. The summed E-state index contributed by atoms with van der Waals surface area (Å²) in [5, 5.41) is 8.49. The van der Waals surface area contributed by atoms with E-state index in [9.17, 15) is 28.8 Å². The van der Waals surface area contributed by atoms with Gasteiger partial charge in [0.1, 0.15) is 23.1 Å². The minimum atomic E-state index is -0.303. The fraction of sp³-hybridized carbons (Fsp3) is 0.739. The first kappa shape index (κ1) is 32.5. The van der Waals surface area contributed by atoms with Crippen molar-refractivity contribution in [3.8, 4) is 0 Å². The highest BCUT2D eigenvalue weighted by Crippen LogP contribution is 1.93. The van der Waals surface area contributed by atoms with Crippen molar-refractivity contribution in [1.82, 2.24) is 30.7 Å². The highest BCUT2D eigenvalue weighted by molar-refractivity contribution is 5.82. The number of likely N-dealkylation sites (N-methyl/N-ethyl adjacent to an activating group) is 1. The molecule has 0 saturated carbocycles. The van der Waals surface area contributed by atoms with Crippen molar-refractivity contribution < 1.29 is 28.8 Å². The maximum absolute atomic E-state index is 12.4. The van der Waals surface area contributed by atoms with Crippen LogP contribution in [0.2, 0.25) is 0 Å². The zero-order valence-electron chi connectivity index (χ0n) is 21.8. The van der Waals surface area contributed by atoms with Gasteiger partial charge in [0, 0.05) is 39.3 Å². The number of carbonyl (C=O) groups excluding carboxylic acids is 6. The number of hydrogen-bond donors (Lipinski definition) is 3. The molecule has 0 aromatic heterocycles. The van der Waals surface area contributed by atoms with Crippen LogP contribution >= 0.6 is 0 Å². The summed E-state index contributed by atoms with van der Waals surface area (Å²) in [6.45, 7) is 8.64. The van der Waals surface area contributed by atoms with Gasteiger partial charge in [-0.05, 0) is 34.7 Å². The highest BCUT2D eigenvalue weighted by atomic mass is 16.2. The summed E-state index contributed by atoms with van der Waals surface area (Å²) >= 11 is 0. The first-order valence-corrected chi connectivity index (χ1v) is 11.8. The summed E-state index contributed by atoms with van der Waals surface area (Å²) in [7, 11) is 1.79. The van der Waals surface area contributed by atoms with Crippen molar-refractivity contribution in [2.45, 2.75) is 27.7 Å². The van der Waals surface area contributed by atoms with E-state index >= 15 is 0 Å². The van der Waals surface area contributed by atoms with Crippen LogP contribution in [0.5, 0.6) is 0 Å². The first-order chi connectivity index (χ1) is 16.4. The Balaban J connectivity index is 4.60. The molecule has 12 heteroatoms. The minimum absolute atomic E-state index is 0.0294. The molecule has 0 radical (unpaired) electrons. The largest absolute Gasteiger partial charge is 0.354 e. The smallest absolute Gasteiger partial charge is 0.234 e. The summed E-state index contributed by atoms with van der Waals surface area (Å²) in [4.78, 5) is 75.4. The number of nitrogens with zero attached hydrogens (tertiary/aromatic N) is 3. The lowest BCUT2D eigenvalue weighted by molar-refractivity contribution is -0.124. The van der Waals surface area contributed by atoms with E-state index in [0.717, 1.165) is 0 Å². The molecule has 12 nitrogen and oxygen atoms in total. The van der Waals surface area contributed by atoms with Gasteiger partial charge in [0.2, 0.25) is 11.8 Å². The molecule has 0 aromatic carbocycles. The Morgan fingerprint density at radius 3 is 1.06 bits per heavy atom. The average Bonchev–Trinajstić information content (AvgIpc) is 2.70. The first-order valence-electron chi connectivity index (χ1n) is 11.8. The molecule has 2 amide bonds. The molecule has 3 N–H and O–H groups in total. The maximum atomic E-state index is 12.4. The van der Waals surface area contributed by atoms with E-state index in [2.05, 4.69) is 16.0 Å². The van der Waals surface area contributed by atoms with Crippen LogP contribution in [0.15, 0.2) is 0 Å². The number of Topliss-reactive ketones (excluding diaryl/α,β-unsaturated/α-hetero) is 4. The van der Waals surface area contributed by atoms with Crippen LogP contribution in [-0.4, -0.2) is 135 Å². The second-order valence-electron chi connectivity index (χ2n) is 8.74. The van der Waals surface area contributed by atoms with Crippen molar-refractivity contribution in [2.24, 2.45) is 0 Å². The van der Waals surface area contributed by atoms with E-state index < -0.39 is 0 Å². The van der Waals surface area contributed by atoms with Gasteiger partial charge in [0.25, 0.3) is 0 Å². The van der Waals surface area contributed by atoms with Crippen molar-refractivity contribution in [3.05, 3.63) is 0 Å². The van der Waals surface area contributed by atoms with Gasteiger partial charge in [0.15, 0.2) is 0 Å². The van der Waals surface area contributed by atoms with Gasteiger partial charge in [-0.2, -0.15) is 0 Å². The standard InChI is InChI=1S/C23H42N6O6/c1-18(30)12-27(13-19(2)31)10-7-25-23(35)17-29(15-21(4)33)11-8-26-22(34)16-28(9-6-24-5)14-20(3)32/h24H,6-17H2,1-5H3,(H,25,35)(H,26,34). The van der Waals surface area contributed by atoms with Crippen LogP contribution in [0.25, 0.3) is 0 Å². The molecule has 0 aromatic rings. The Labute approximate surface area is 208 Å². The zero-order chi connectivity index (χ0) is 26.8. The Morgan fingerprint density at radius 1 is 0.486 bits per heavy atom. The molecule has 0 spiro atoms. The summed E-state index contributed by atoms with van der Waals surface area (Å²) in [5.74, 6) is -0.831. The van der Waals surface area contributed by atoms with Gasteiger partial charge in [-0.3, -0.25) is 43.5 Å². The van der Waals surface area contributed by atoms with Crippen molar-refractivity contribution in [3.63, 3.8) is 0 Å². The van der Waals surface area contributed by atoms with Gasteiger partial charge < -0.3 is 16.0 Å². The summed E-state index contributed by atoms with van der Waals surface area (Å²) in [6, 6.07) is 0. The lowest BCUT2D eigenvalue weighted by atomic mass is 10.3. The molecule has 0 aliphatic carbocycles. The van der Waals surface area contributed by atoms with E-state index in [4.69, 9.17) is 0 Å². The number of ketones is 4. The molecular formula is C23H42N6O6. The number of carbonyl (C=O) groups is 6. The lowest BCUT2D eigenvalue weighted by Gasteiger charge is -2.23. The monoisotopic (exact) mass is 498 g/mol. The molecule has 0 aliphatic rings. The molecule has 0 aliphatic heterocycles. The van der Waals surface area contributed by atoms with Crippen LogP contribution in [0, 0.1) is 0 Å². The van der Waals surface area contributed by atoms with Crippen LogP contribution in [0.4, 0.5) is 0 Å². The molecule has 0 unspecified atom stereocenters. The Morgan fingerprint density at radius 2 is 0.771 bits per heavy atom. The van der Waals surface area contributed by atoms with E-state index in [1.165, 1.54) is 27.7 Å². The quantitative estimate of drug-likeness (QED) is 0.158. The number of nitrogens with one attached hydrogen (secondary N) is 3. The second-order valence-corrected chi connectivity index (χ2v) is 8.74. The van der Waals surface area contributed by atoms with Gasteiger partial charge in [0.05, 0.1) is 39.3 Å². The van der Waals surface area contributed by atoms with Crippen molar-refractivity contribution in [1.29, 1.82) is 0 Å². The zero-order valence-corrected chi connectivity index (χ0v) is 21.8. The summed E-state index contributed by atoms with van der Waals surface area (Å²) in [6.07, 6.45) is 0. The third-order valence-electron chi connectivity index (χ3n) is 4.70. The molecule has 0 heterocycles.